The number of nitrogens with zero attached hydrogens (tertiary/aromatic N) is 3. The number of nitrogens with one attached hydrogen (secondary N) is 8. The molecule has 0 saturated heterocycles. The fraction of sp³-hybridized carbons (Fsp3) is 0.571. The van der Waals surface area contributed by atoms with E-state index in [1.807, 2.05) is 0 Å². The molecule has 2 aliphatic carbocycles. The standard InChI is InChI=1S/C77H102FN11O23/c1-48-52-15-16-57(70-53-45-89-61(71(53)86-59(69(52)70)40-56(48)78)39-55-54(75(89)100)46-111-76(101)77(55,102)41-51-13-14-51)87-72(97)49(2)112-47-83-65(93)43-82-74(99)60(38-50-10-6-4-7-11-50)85-66(94)44-81-64(92)42-80-62(90)18-17-58(84-63(91)12-8-5-9-22-88-67(95)19-20-68(88)96)73(98)79-21-23-104-26-27-106-30-31-108-34-35-110-37-36-109-33-32-107-29-28-105-25-24-103-3/h4,6-7,10-11,19-20,39-40,49,51,57-58,60,102H,5,8-9,12-18,21-38,41-47H2,1-3H3,(H,79,98)(H,80,90)(H,81,92)(H,82,99)(H,83,93)(H,84,91)(H,85,94)(H,87,97)/t49-,57+,58+,60+,77+/m1/s1. The number of pyridine rings is 2. The number of aromatic nitrogens is 2. The van der Waals surface area contributed by atoms with Crippen molar-refractivity contribution in [1.29, 1.82) is 0 Å². The van der Waals surface area contributed by atoms with Crippen molar-refractivity contribution in [2.24, 2.45) is 5.92 Å². The molecule has 9 N–H and O–H groups in total. The van der Waals surface area contributed by atoms with Crippen LogP contribution in [0.2, 0.25) is 0 Å². The number of unbranched alkanes of at least 4 members (excludes halogenated alkanes) is 2. The lowest BCUT2D eigenvalue weighted by Crippen LogP contribution is -2.52. The topological polar surface area (TPSA) is 435 Å². The molecule has 1 fully saturated rings. The first-order valence-corrected chi connectivity index (χ1v) is 37.9. The van der Waals surface area contributed by atoms with Gasteiger partial charge in [0.2, 0.25) is 47.3 Å². The van der Waals surface area contributed by atoms with Gasteiger partial charge in [-0.25, -0.2) is 14.2 Å². The first-order valence-electron chi connectivity index (χ1n) is 37.9. The number of aliphatic hydroxyl groups is 1. The van der Waals surface area contributed by atoms with Gasteiger partial charge in [0.15, 0.2) is 5.60 Å². The molecule has 35 heteroatoms. The summed E-state index contributed by atoms with van der Waals surface area (Å²) in [7, 11) is 1.61. The highest BCUT2D eigenvalue weighted by Gasteiger charge is 2.50. The van der Waals surface area contributed by atoms with Crippen molar-refractivity contribution in [1.82, 2.24) is 57.0 Å². The highest BCUT2D eigenvalue weighted by molar-refractivity contribution is 6.13. The van der Waals surface area contributed by atoms with E-state index >= 15 is 4.39 Å². The summed E-state index contributed by atoms with van der Waals surface area (Å²) in [6.07, 6.45) is 4.48. The molecule has 9 rings (SSSR count). The first-order chi connectivity index (χ1) is 54.1. The van der Waals surface area contributed by atoms with Crippen molar-refractivity contribution in [2.75, 3.05) is 146 Å². The van der Waals surface area contributed by atoms with Gasteiger partial charge in [0.25, 0.3) is 17.4 Å². The van der Waals surface area contributed by atoms with Crippen molar-refractivity contribution in [3.63, 3.8) is 0 Å². The Labute approximate surface area is 646 Å². The van der Waals surface area contributed by atoms with Crippen molar-refractivity contribution >= 4 is 75.9 Å². The largest absolute Gasteiger partial charge is 0.458 e. The lowest BCUT2D eigenvalue weighted by atomic mass is 9.81. The minimum Gasteiger partial charge on any atom is -0.458 e. The molecule has 10 amide bonds. The third kappa shape index (κ3) is 25.5. The summed E-state index contributed by atoms with van der Waals surface area (Å²) in [5.74, 6) is -7.42. The lowest BCUT2D eigenvalue weighted by molar-refractivity contribution is -0.173. The van der Waals surface area contributed by atoms with Crippen LogP contribution in [0, 0.1) is 18.7 Å². The van der Waals surface area contributed by atoms with Gasteiger partial charge in [-0.2, -0.15) is 0 Å². The second-order valence-electron chi connectivity index (χ2n) is 27.5. The van der Waals surface area contributed by atoms with Crippen molar-refractivity contribution < 1.29 is 110 Å². The summed E-state index contributed by atoms with van der Waals surface area (Å²) >= 11 is 0. The molecule has 0 bridgehead atoms. The Balaban J connectivity index is 0.673. The summed E-state index contributed by atoms with van der Waals surface area (Å²) in [6, 6.07) is 8.47. The van der Waals surface area contributed by atoms with Crippen molar-refractivity contribution in [2.45, 2.75) is 134 Å². The number of aryl methyl sites for hydroxylation is 1. The highest BCUT2D eigenvalue weighted by Crippen LogP contribution is 2.48. The fourth-order valence-electron chi connectivity index (χ4n) is 13.2. The Morgan fingerprint density at radius 2 is 1.23 bits per heavy atom. The zero-order valence-electron chi connectivity index (χ0n) is 63.5. The van der Waals surface area contributed by atoms with Gasteiger partial charge in [-0.15, -0.1) is 0 Å². The molecule has 4 aromatic rings. The Morgan fingerprint density at radius 1 is 0.643 bits per heavy atom. The molecule has 5 heterocycles. The predicted octanol–water partition coefficient (Wildman–Crippen LogP) is 0.205. The zero-order valence-corrected chi connectivity index (χ0v) is 63.5. The maximum absolute atomic E-state index is 15.6. The summed E-state index contributed by atoms with van der Waals surface area (Å²) in [4.78, 5) is 164. The maximum Gasteiger partial charge on any atom is 0.343 e. The molecular formula is C77H102FN11O23. The molecule has 112 heavy (non-hydrogen) atoms. The van der Waals surface area contributed by atoms with Crippen LogP contribution >= 0.6 is 0 Å². The van der Waals surface area contributed by atoms with Gasteiger partial charge in [-0.05, 0) is 86.6 Å². The van der Waals surface area contributed by atoms with Crippen molar-refractivity contribution in [3.8, 4) is 11.4 Å². The van der Waals surface area contributed by atoms with E-state index in [0.717, 1.165) is 17.7 Å². The summed E-state index contributed by atoms with van der Waals surface area (Å²) < 4.78 is 71.5. The number of carbonyl (C=O) groups is 11. The van der Waals surface area contributed by atoms with E-state index in [0.29, 0.717) is 161 Å². The molecule has 5 atom stereocenters. The van der Waals surface area contributed by atoms with Crippen LogP contribution in [0.5, 0.6) is 0 Å². The van der Waals surface area contributed by atoms with Gasteiger partial charge in [0.1, 0.15) is 37.3 Å². The Bertz CT molecular complexity index is 4050. The number of hydrogen-bond donors (Lipinski definition) is 9. The Hall–Kier alpha value is -9.56. The fourth-order valence-corrected chi connectivity index (χ4v) is 13.2. The number of esters is 1. The monoisotopic (exact) mass is 1570 g/mol. The molecule has 34 nitrogen and oxygen atoms in total. The predicted molar refractivity (Wildman–Crippen MR) is 396 cm³/mol. The maximum atomic E-state index is 15.6. The number of halogens is 1. The quantitative estimate of drug-likeness (QED) is 0.0109. The SMILES string of the molecule is COCCOCCOCCOCCOCCOCCOCCOCCNC(=O)[C@H](CCC(=O)NCC(=O)NCC(=O)N[C@@H](Cc1ccccc1)C(=O)NCC(=O)NCO[C@H](C)C(=O)N[C@H]1CCc2c(C)c(F)cc3nc4c(c1c23)Cn1c-4cc2c(c1=O)COC(=O)[C@]2(O)CC1CC1)NC(=O)CCCCCN1C(=O)C=CC1=O. The summed E-state index contributed by atoms with van der Waals surface area (Å²) in [5.41, 5.74) is 1.82. The smallest absolute Gasteiger partial charge is 0.343 e. The van der Waals surface area contributed by atoms with Gasteiger partial charge in [0, 0.05) is 74.2 Å². The van der Waals surface area contributed by atoms with Gasteiger partial charge < -0.3 is 99.6 Å². The van der Waals surface area contributed by atoms with Gasteiger partial charge in [-0.1, -0.05) is 49.6 Å². The van der Waals surface area contributed by atoms with E-state index in [9.17, 15) is 62.6 Å². The van der Waals surface area contributed by atoms with Crippen molar-refractivity contribution in [3.05, 3.63) is 110 Å². The number of hydrogen-bond acceptors (Lipinski definition) is 24. The molecule has 2 aromatic carbocycles. The number of ether oxygens (including phenoxy) is 10. The Kier molecular flexibility index (Phi) is 34.0. The highest BCUT2D eigenvalue weighted by atomic mass is 19.1. The molecule has 1 saturated carbocycles. The number of benzene rings is 2. The van der Waals surface area contributed by atoms with Crippen LogP contribution in [0.4, 0.5) is 4.39 Å². The summed E-state index contributed by atoms with van der Waals surface area (Å²) in [5, 5.41) is 33.3. The van der Waals surface area contributed by atoms with E-state index in [-0.39, 0.29) is 95.2 Å². The number of rotatable bonds is 52. The first kappa shape index (κ1) is 86.4. The number of imide groups is 1. The van der Waals surface area contributed by atoms with Crippen LogP contribution in [-0.2, 0) is 132 Å². The molecule has 2 aromatic heterocycles. The molecular weight excluding hydrogens is 1470 g/mol. The number of methoxy groups -OCH3 is 1. The lowest BCUT2D eigenvalue weighted by Gasteiger charge is -2.32. The summed E-state index contributed by atoms with van der Waals surface area (Å²) in [6.45, 7) is 6.54. The van der Waals surface area contributed by atoms with Crippen LogP contribution in [0.25, 0.3) is 22.3 Å². The van der Waals surface area contributed by atoms with Crippen LogP contribution < -0.4 is 48.1 Å². The van der Waals surface area contributed by atoms with Crippen LogP contribution in [0.15, 0.2) is 59.4 Å². The minimum atomic E-state index is -2.04. The van der Waals surface area contributed by atoms with Gasteiger partial charge in [-0.3, -0.25) is 57.6 Å². The van der Waals surface area contributed by atoms with E-state index in [2.05, 4.69) is 42.5 Å². The molecule has 610 valence electrons. The molecule has 0 unspecified atom stereocenters. The minimum absolute atomic E-state index is 0.000164. The number of cyclic esters (lactones) is 1. The van der Waals surface area contributed by atoms with Crippen LogP contribution in [0.3, 0.4) is 0 Å². The molecule has 0 spiro atoms. The van der Waals surface area contributed by atoms with Gasteiger partial charge >= 0.3 is 5.97 Å². The van der Waals surface area contributed by atoms with Crippen LogP contribution in [0.1, 0.15) is 116 Å². The normalized spacial score (nSPS) is 16.7. The van der Waals surface area contributed by atoms with Gasteiger partial charge in [0.05, 0.1) is 154 Å². The zero-order chi connectivity index (χ0) is 79.9. The Morgan fingerprint density at radius 3 is 1.88 bits per heavy atom. The second kappa shape index (κ2) is 44.0. The third-order valence-electron chi connectivity index (χ3n) is 19.4. The molecule has 5 aliphatic rings. The van der Waals surface area contributed by atoms with Crippen LogP contribution in [-0.4, -0.2) is 248 Å². The molecule has 3 aliphatic heterocycles. The average molecular weight is 1570 g/mol. The number of amides is 10. The van der Waals surface area contributed by atoms with E-state index < -0.39 is 133 Å². The molecule has 0 radical (unpaired) electrons. The number of carbonyl (C=O) groups excluding carboxylic acids is 11. The van der Waals surface area contributed by atoms with E-state index in [4.69, 9.17) is 52.4 Å². The second-order valence-corrected chi connectivity index (χ2v) is 27.5. The van der Waals surface area contributed by atoms with E-state index in [1.54, 1.807) is 50.4 Å². The number of fused-ring (bicyclic) bond motifs is 5. The van der Waals surface area contributed by atoms with E-state index in [1.165, 1.54) is 29.7 Å². The third-order valence-corrected chi connectivity index (χ3v) is 19.4. The average Bonchev–Trinajstić information content (AvgIpc) is 1.50.